The summed E-state index contributed by atoms with van der Waals surface area (Å²) >= 11 is 4.41. The molecule has 1 aliphatic carbocycles. The lowest BCUT2D eigenvalue weighted by Crippen LogP contribution is -2.50. The van der Waals surface area contributed by atoms with Crippen molar-refractivity contribution in [1.82, 2.24) is 0 Å². The molecular weight excluding hydrogens is 386 g/mol. The fourth-order valence-electron chi connectivity index (χ4n) is 2.41. The maximum Gasteiger partial charge on any atom is 0.292 e. The Labute approximate surface area is 150 Å². The molecule has 132 valence electrons. The van der Waals surface area contributed by atoms with Crippen LogP contribution in [0.2, 0.25) is 0 Å². The van der Waals surface area contributed by atoms with Crippen molar-refractivity contribution in [3.63, 3.8) is 0 Å². The summed E-state index contributed by atoms with van der Waals surface area (Å²) in [7, 11) is -10.6. The molecule has 1 aliphatic rings. The quantitative estimate of drug-likeness (QED) is 0.443. The highest BCUT2D eigenvalue weighted by Gasteiger charge is 2.58. The molecule has 0 heterocycles. The van der Waals surface area contributed by atoms with Crippen LogP contribution >= 0.6 is 12.2 Å². The lowest BCUT2D eigenvalue weighted by Gasteiger charge is -2.31. The fourth-order valence-corrected chi connectivity index (χ4v) is 5.12. The summed E-state index contributed by atoms with van der Waals surface area (Å²) in [5, 5.41) is 1.97. The van der Waals surface area contributed by atoms with Crippen LogP contribution in [-0.2, 0) is 20.2 Å². The molecule has 0 amide bonds. The number of hydrogen-bond acceptors (Lipinski definition) is 6. The second-order valence-corrected chi connectivity index (χ2v) is 8.79. The summed E-state index contributed by atoms with van der Waals surface area (Å²) in [4.78, 5) is 3.52. The van der Waals surface area contributed by atoms with E-state index in [2.05, 4.69) is 17.2 Å². The SMILES string of the molecule is O=S(=O)(O)C1(S(=O)(=O)O)C=C(N=C=S)C=CC1C=Cc1ccccc1. The zero-order chi connectivity index (χ0) is 18.7. The van der Waals surface area contributed by atoms with Gasteiger partial charge in [0.15, 0.2) is 0 Å². The predicted molar refractivity (Wildman–Crippen MR) is 97.0 cm³/mol. The summed E-state index contributed by atoms with van der Waals surface area (Å²) in [5.41, 5.74) is 0.497. The minimum absolute atomic E-state index is 0.172. The Hall–Kier alpha value is -1.94. The van der Waals surface area contributed by atoms with Crippen molar-refractivity contribution >= 4 is 43.7 Å². The number of thiocarbonyl (C=S) groups is 1. The summed E-state index contributed by atoms with van der Waals surface area (Å²) in [5.74, 6) is -1.40. The van der Waals surface area contributed by atoms with Crippen LogP contribution in [0.5, 0.6) is 0 Å². The van der Waals surface area contributed by atoms with E-state index in [0.29, 0.717) is 11.6 Å². The van der Waals surface area contributed by atoms with Crippen molar-refractivity contribution in [3.05, 3.63) is 65.9 Å². The van der Waals surface area contributed by atoms with Gasteiger partial charge in [0.2, 0.25) is 0 Å². The van der Waals surface area contributed by atoms with Gasteiger partial charge in [0.1, 0.15) is 0 Å². The number of benzene rings is 1. The van der Waals surface area contributed by atoms with Crippen LogP contribution in [0.3, 0.4) is 0 Å². The van der Waals surface area contributed by atoms with E-state index in [1.165, 1.54) is 24.3 Å². The molecule has 1 unspecified atom stereocenters. The summed E-state index contributed by atoms with van der Waals surface area (Å²) in [6.07, 6.45) is 5.86. The minimum atomic E-state index is -5.29. The largest absolute Gasteiger partial charge is 0.292 e. The molecular formula is C15H13NO6S3. The van der Waals surface area contributed by atoms with Crippen LogP contribution in [0.4, 0.5) is 0 Å². The van der Waals surface area contributed by atoms with E-state index < -0.39 is 30.2 Å². The van der Waals surface area contributed by atoms with Crippen molar-refractivity contribution in [2.45, 2.75) is 4.08 Å². The smallest absolute Gasteiger partial charge is 0.284 e. The van der Waals surface area contributed by atoms with E-state index in [-0.39, 0.29) is 5.70 Å². The first-order chi connectivity index (χ1) is 11.6. The van der Waals surface area contributed by atoms with Crippen LogP contribution in [0.15, 0.2) is 65.3 Å². The second-order valence-electron chi connectivity index (χ2n) is 5.10. The van der Waals surface area contributed by atoms with Crippen molar-refractivity contribution in [1.29, 1.82) is 0 Å². The monoisotopic (exact) mass is 399 g/mol. The maximum absolute atomic E-state index is 11.9. The molecule has 7 nitrogen and oxygen atoms in total. The van der Waals surface area contributed by atoms with Gasteiger partial charge in [-0.05, 0) is 29.9 Å². The molecule has 0 aromatic heterocycles. The van der Waals surface area contributed by atoms with E-state index in [4.69, 9.17) is 0 Å². The number of hydrogen-bond donors (Lipinski definition) is 2. The molecule has 0 saturated heterocycles. The van der Waals surface area contributed by atoms with Crippen LogP contribution in [0.1, 0.15) is 5.56 Å². The Morgan fingerprint density at radius 1 is 1.12 bits per heavy atom. The lowest BCUT2D eigenvalue weighted by molar-refractivity contribution is 0.424. The highest BCUT2D eigenvalue weighted by Crippen LogP contribution is 2.40. The number of nitrogens with zero attached hydrogens (tertiary/aromatic N) is 1. The van der Waals surface area contributed by atoms with Gasteiger partial charge in [0, 0.05) is 5.92 Å². The molecule has 0 radical (unpaired) electrons. The first-order valence-corrected chi connectivity index (χ1v) is 10.1. The Morgan fingerprint density at radius 2 is 1.72 bits per heavy atom. The van der Waals surface area contributed by atoms with E-state index in [9.17, 15) is 25.9 Å². The van der Waals surface area contributed by atoms with Crippen molar-refractivity contribution in [2.75, 3.05) is 0 Å². The van der Waals surface area contributed by atoms with Crippen LogP contribution in [-0.4, -0.2) is 35.2 Å². The molecule has 0 spiro atoms. The molecule has 25 heavy (non-hydrogen) atoms. The first kappa shape index (κ1) is 19.4. The van der Waals surface area contributed by atoms with Crippen LogP contribution in [0.25, 0.3) is 6.08 Å². The van der Waals surface area contributed by atoms with Gasteiger partial charge in [-0.25, -0.2) is 0 Å². The molecule has 2 rings (SSSR count). The fraction of sp³-hybridized carbons (Fsp3) is 0.133. The lowest BCUT2D eigenvalue weighted by atomic mass is 9.96. The average Bonchev–Trinajstić information content (AvgIpc) is 2.52. The van der Waals surface area contributed by atoms with Gasteiger partial charge in [-0.2, -0.15) is 21.8 Å². The molecule has 1 atom stereocenters. The zero-order valence-corrected chi connectivity index (χ0v) is 15.0. The van der Waals surface area contributed by atoms with Crippen molar-refractivity contribution in [2.24, 2.45) is 10.9 Å². The van der Waals surface area contributed by atoms with E-state index >= 15 is 0 Å². The maximum atomic E-state index is 11.9. The summed E-state index contributed by atoms with van der Waals surface area (Å²) in [6.45, 7) is 0. The Balaban J connectivity index is 2.68. The summed E-state index contributed by atoms with van der Waals surface area (Å²) in [6, 6.07) is 8.67. The molecule has 1 aromatic carbocycles. The van der Waals surface area contributed by atoms with Gasteiger partial charge >= 0.3 is 0 Å². The Kier molecular flexibility index (Phi) is 5.52. The molecule has 2 N–H and O–H groups in total. The number of aliphatic imine (C=N–C) groups is 1. The summed E-state index contributed by atoms with van der Waals surface area (Å²) < 4.78 is 64.0. The minimum Gasteiger partial charge on any atom is -0.284 e. The third kappa shape index (κ3) is 3.84. The van der Waals surface area contributed by atoms with E-state index in [0.717, 1.165) is 0 Å². The number of rotatable bonds is 5. The van der Waals surface area contributed by atoms with E-state index in [1.54, 1.807) is 30.3 Å². The van der Waals surface area contributed by atoms with Crippen LogP contribution < -0.4 is 0 Å². The third-order valence-corrected chi connectivity index (χ3v) is 7.31. The third-order valence-electron chi connectivity index (χ3n) is 3.56. The van der Waals surface area contributed by atoms with Gasteiger partial charge in [0.05, 0.1) is 10.9 Å². The molecule has 0 aliphatic heterocycles. The highest BCUT2D eigenvalue weighted by molar-refractivity contribution is 8.05. The van der Waals surface area contributed by atoms with Crippen molar-refractivity contribution < 1.29 is 25.9 Å². The standard InChI is InChI=1S/C15H13NO6S3/c17-24(18,19)15(25(20,21)22)10-14(16-11-23)9-8-13(15)7-6-12-4-2-1-3-5-12/h1-10,13H,(H,17,18,19)(H,20,21,22). The van der Waals surface area contributed by atoms with Crippen LogP contribution in [0, 0.1) is 5.92 Å². The van der Waals surface area contributed by atoms with Gasteiger partial charge in [0.25, 0.3) is 24.3 Å². The molecule has 0 saturated carbocycles. The Bertz CT molecular complexity index is 969. The number of isothiocyanates is 1. The molecule has 1 aromatic rings. The Morgan fingerprint density at radius 3 is 2.24 bits per heavy atom. The van der Waals surface area contributed by atoms with E-state index in [1.807, 2.05) is 5.16 Å². The molecule has 0 bridgehead atoms. The number of allylic oxidation sites excluding steroid dienone is 3. The second kappa shape index (κ2) is 7.12. The predicted octanol–water partition coefficient (Wildman–Crippen LogP) is 2.34. The topological polar surface area (TPSA) is 121 Å². The van der Waals surface area contributed by atoms with Crippen molar-refractivity contribution in [3.8, 4) is 0 Å². The van der Waals surface area contributed by atoms with Gasteiger partial charge in [-0.1, -0.05) is 48.6 Å². The van der Waals surface area contributed by atoms with Gasteiger partial charge in [-0.15, -0.1) is 0 Å². The zero-order valence-electron chi connectivity index (χ0n) is 12.6. The molecule has 10 heteroatoms. The average molecular weight is 399 g/mol. The van der Waals surface area contributed by atoms with Gasteiger partial charge < -0.3 is 0 Å². The highest BCUT2D eigenvalue weighted by atomic mass is 32.3. The first-order valence-electron chi connectivity index (χ1n) is 6.78. The normalized spacial score (nSPS) is 20.1. The van der Waals surface area contributed by atoms with Gasteiger partial charge in [-0.3, -0.25) is 9.11 Å². The molecule has 0 fully saturated rings.